The van der Waals surface area contributed by atoms with Gasteiger partial charge in [-0.15, -0.1) is 0 Å². The summed E-state index contributed by atoms with van der Waals surface area (Å²) in [4.78, 5) is 38.6. The quantitative estimate of drug-likeness (QED) is 0.503. The molecule has 0 aliphatic carbocycles. The Bertz CT molecular complexity index is 1000. The first-order chi connectivity index (χ1) is 15.1. The summed E-state index contributed by atoms with van der Waals surface area (Å²) in [6, 6.07) is 10.1. The van der Waals surface area contributed by atoms with Gasteiger partial charge in [-0.1, -0.05) is 45.0 Å². The van der Waals surface area contributed by atoms with Crippen LogP contribution in [-0.4, -0.2) is 42.3 Å². The van der Waals surface area contributed by atoms with Crippen molar-refractivity contribution in [2.24, 2.45) is 5.92 Å². The largest absolute Gasteiger partial charge is 0.457 e. The van der Waals surface area contributed by atoms with Gasteiger partial charge >= 0.3 is 5.97 Å². The van der Waals surface area contributed by atoms with E-state index in [1.54, 1.807) is 12.1 Å². The second-order valence-corrected chi connectivity index (χ2v) is 9.05. The molecular formula is C25H27F2NO4. The highest BCUT2D eigenvalue weighted by Gasteiger charge is 2.30. The van der Waals surface area contributed by atoms with E-state index < -0.39 is 29.4 Å². The number of esters is 1. The smallest absolute Gasteiger partial charge is 0.309 e. The lowest BCUT2D eigenvalue weighted by molar-refractivity contribution is -0.148. The molecule has 2 aromatic carbocycles. The lowest BCUT2D eigenvalue weighted by atomic mass is 9.86. The highest BCUT2D eigenvalue weighted by molar-refractivity contribution is 5.98. The lowest BCUT2D eigenvalue weighted by Gasteiger charge is -2.31. The number of amides is 1. The van der Waals surface area contributed by atoms with Crippen LogP contribution in [0.25, 0.3) is 0 Å². The first-order valence-electron chi connectivity index (χ1n) is 10.6. The van der Waals surface area contributed by atoms with Crippen LogP contribution < -0.4 is 0 Å². The molecule has 0 unspecified atom stereocenters. The summed E-state index contributed by atoms with van der Waals surface area (Å²) < 4.78 is 32.1. The summed E-state index contributed by atoms with van der Waals surface area (Å²) in [7, 11) is 0. The Morgan fingerprint density at radius 2 is 1.62 bits per heavy atom. The molecule has 0 bridgehead atoms. The van der Waals surface area contributed by atoms with Gasteiger partial charge in [0.25, 0.3) is 5.91 Å². The van der Waals surface area contributed by atoms with Crippen molar-refractivity contribution in [3.8, 4) is 0 Å². The Morgan fingerprint density at radius 3 is 2.19 bits per heavy atom. The number of Topliss-reactive ketones (excluding diaryl/α,β-unsaturated/α-hetero) is 1. The van der Waals surface area contributed by atoms with E-state index in [0.717, 1.165) is 17.7 Å². The second kappa shape index (κ2) is 9.59. The van der Waals surface area contributed by atoms with E-state index in [2.05, 4.69) is 20.8 Å². The monoisotopic (exact) mass is 443 g/mol. The Kier molecular flexibility index (Phi) is 7.06. The van der Waals surface area contributed by atoms with Crippen molar-refractivity contribution in [1.82, 2.24) is 4.90 Å². The van der Waals surface area contributed by atoms with Gasteiger partial charge < -0.3 is 9.64 Å². The topological polar surface area (TPSA) is 63.7 Å². The van der Waals surface area contributed by atoms with Gasteiger partial charge in [-0.3, -0.25) is 14.4 Å². The van der Waals surface area contributed by atoms with Gasteiger partial charge in [-0.25, -0.2) is 8.78 Å². The zero-order valence-electron chi connectivity index (χ0n) is 18.5. The number of halogens is 2. The normalized spacial score (nSPS) is 14.8. The number of nitrogens with zero attached hydrogens (tertiary/aromatic N) is 1. The van der Waals surface area contributed by atoms with Crippen LogP contribution in [-0.2, 0) is 14.9 Å². The van der Waals surface area contributed by atoms with E-state index in [4.69, 9.17) is 4.74 Å². The molecule has 1 saturated heterocycles. The molecule has 7 heteroatoms. The molecule has 5 nitrogen and oxygen atoms in total. The zero-order chi connectivity index (χ0) is 23.5. The summed E-state index contributed by atoms with van der Waals surface area (Å²) in [5, 5.41) is 0. The average Bonchev–Trinajstić information content (AvgIpc) is 2.76. The molecule has 1 heterocycles. The maximum atomic E-state index is 13.9. The van der Waals surface area contributed by atoms with Gasteiger partial charge in [0.2, 0.25) is 0 Å². The molecule has 0 atom stereocenters. The minimum Gasteiger partial charge on any atom is -0.457 e. The third kappa shape index (κ3) is 5.58. The summed E-state index contributed by atoms with van der Waals surface area (Å²) in [5.41, 5.74) is 1.36. The fourth-order valence-electron chi connectivity index (χ4n) is 3.65. The number of benzene rings is 2. The molecule has 1 fully saturated rings. The van der Waals surface area contributed by atoms with E-state index in [0.29, 0.717) is 24.5 Å². The van der Waals surface area contributed by atoms with Crippen LogP contribution in [0, 0.1) is 17.6 Å². The molecule has 1 aliphatic rings. The fraction of sp³-hybridized carbons (Fsp3) is 0.400. The van der Waals surface area contributed by atoms with Gasteiger partial charge in [-0.2, -0.15) is 0 Å². The third-order valence-corrected chi connectivity index (χ3v) is 5.70. The molecule has 0 spiro atoms. The average molecular weight is 443 g/mol. The lowest BCUT2D eigenvalue weighted by Crippen LogP contribution is -2.41. The van der Waals surface area contributed by atoms with Crippen LogP contribution in [0.2, 0.25) is 0 Å². The van der Waals surface area contributed by atoms with Gasteiger partial charge in [0.05, 0.1) is 11.5 Å². The molecule has 0 N–H and O–H groups in total. The number of likely N-dealkylation sites (tertiary alicyclic amines) is 1. The van der Waals surface area contributed by atoms with Gasteiger partial charge in [-0.05, 0) is 36.0 Å². The van der Waals surface area contributed by atoms with Crippen molar-refractivity contribution in [2.45, 2.75) is 39.0 Å². The van der Waals surface area contributed by atoms with Gasteiger partial charge in [0.1, 0.15) is 11.6 Å². The van der Waals surface area contributed by atoms with Crippen molar-refractivity contribution in [3.63, 3.8) is 0 Å². The predicted molar refractivity (Wildman–Crippen MR) is 115 cm³/mol. The highest BCUT2D eigenvalue weighted by atomic mass is 19.1. The highest BCUT2D eigenvalue weighted by Crippen LogP contribution is 2.23. The summed E-state index contributed by atoms with van der Waals surface area (Å²) in [5.74, 6) is -3.40. The summed E-state index contributed by atoms with van der Waals surface area (Å²) in [6.45, 7) is 6.41. The van der Waals surface area contributed by atoms with Gasteiger partial charge in [0, 0.05) is 24.7 Å². The Hall–Kier alpha value is -3.09. The SMILES string of the molecule is CC(C)(C)c1ccc(C(=O)COC(=O)C2CCN(C(=O)c3ccc(F)cc3F)CC2)cc1. The maximum absolute atomic E-state index is 13.9. The van der Waals surface area contributed by atoms with E-state index in [1.165, 1.54) is 4.90 Å². The number of carbonyl (C=O) groups is 3. The Balaban J connectivity index is 1.49. The number of hydrogen-bond donors (Lipinski definition) is 0. The first-order valence-corrected chi connectivity index (χ1v) is 10.6. The molecule has 0 saturated carbocycles. The Labute approximate surface area is 186 Å². The van der Waals surface area contributed by atoms with Crippen molar-refractivity contribution in [2.75, 3.05) is 19.7 Å². The van der Waals surface area contributed by atoms with Crippen molar-refractivity contribution < 1.29 is 27.9 Å². The van der Waals surface area contributed by atoms with Crippen LogP contribution in [0.15, 0.2) is 42.5 Å². The first kappa shape index (κ1) is 23.6. The Morgan fingerprint density at radius 1 is 1.00 bits per heavy atom. The molecule has 2 aromatic rings. The molecule has 170 valence electrons. The number of piperidine rings is 1. The van der Waals surface area contributed by atoms with Crippen LogP contribution >= 0.6 is 0 Å². The van der Waals surface area contributed by atoms with E-state index in [1.807, 2.05) is 12.1 Å². The predicted octanol–water partition coefficient (Wildman–Crippen LogP) is 4.54. The van der Waals surface area contributed by atoms with Crippen LogP contribution in [0.3, 0.4) is 0 Å². The number of ketones is 1. The van der Waals surface area contributed by atoms with Crippen molar-refractivity contribution >= 4 is 17.7 Å². The van der Waals surface area contributed by atoms with Crippen molar-refractivity contribution in [3.05, 3.63) is 70.8 Å². The van der Waals surface area contributed by atoms with E-state index >= 15 is 0 Å². The number of ether oxygens (including phenoxy) is 1. The standard InChI is InChI=1S/C25H27F2NO4/c1-25(2,3)18-6-4-16(5-7-18)22(29)15-32-24(31)17-10-12-28(13-11-17)23(30)20-9-8-19(26)14-21(20)27/h4-9,14,17H,10-13,15H2,1-3H3. The van der Waals surface area contributed by atoms with Crippen LogP contribution in [0.1, 0.15) is 59.9 Å². The molecule has 3 rings (SSSR count). The minimum absolute atomic E-state index is 0.0211. The summed E-state index contributed by atoms with van der Waals surface area (Å²) >= 11 is 0. The van der Waals surface area contributed by atoms with E-state index in [9.17, 15) is 23.2 Å². The van der Waals surface area contributed by atoms with Crippen molar-refractivity contribution in [1.29, 1.82) is 0 Å². The molecular weight excluding hydrogens is 416 g/mol. The zero-order valence-corrected chi connectivity index (χ0v) is 18.5. The number of carbonyl (C=O) groups excluding carboxylic acids is 3. The molecule has 0 radical (unpaired) electrons. The summed E-state index contributed by atoms with van der Waals surface area (Å²) in [6.07, 6.45) is 0.698. The fourth-order valence-corrected chi connectivity index (χ4v) is 3.65. The molecule has 1 amide bonds. The molecule has 1 aliphatic heterocycles. The number of hydrogen-bond acceptors (Lipinski definition) is 4. The minimum atomic E-state index is -0.912. The second-order valence-electron chi connectivity index (χ2n) is 9.05. The molecule has 0 aromatic heterocycles. The van der Waals surface area contributed by atoms with Gasteiger partial charge in [0.15, 0.2) is 12.4 Å². The molecule has 32 heavy (non-hydrogen) atoms. The number of rotatable bonds is 5. The van der Waals surface area contributed by atoms with E-state index in [-0.39, 0.29) is 36.5 Å². The van der Waals surface area contributed by atoms with Crippen LogP contribution in [0.5, 0.6) is 0 Å². The van der Waals surface area contributed by atoms with Crippen LogP contribution in [0.4, 0.5) is 8.78 Å². The third-order valence-electron chi connectivity index (χ3n) is 5.70. The maximum Gasteiger partial charge on any atom is 0.309 e.